The highest BCUT2D eigenvalue weighted by molar-refractivity contribution is 8.00. The maximum Gasteiger partial charge on any atom is 0.268 e. The lowest BCUT2D eigenvalue weighted by atomic mass is 10.3. The third kappa shape index (κ3) is 3.28. The molecule has 0 spiro atoms. The van der Waals surface area contributed by atoms with E-state index in [1.165, 1.54) is 11.8 Å². The van der Waals surface area contributed by atoms with E-state index in [4.69, 9.17) is 9.47 Å². The predicted octanol–water partition coefficient (Wildman–Crippen LogP) is 2.37. The topological polar surface area (TPSA) is 82.5 Å². The molecule has 0 atom stereocenters. The Morgan fingerprint density at radius 2 is 2.23 bits per heavy atom. The number of anilines is 1. The van der Waals surface area contributed by atoms with Gasteiger partial charge in [0.1, 0.15) is 0 Å². The van der Waals surface area contributed by atoms with Crippen LogP contribution in [-0.2, 0) is 17.8 Å². The zero-order valence-corrected chi connectivity index (χ0v) is 15.7. The highest BCUT2D eigenvalue weighted by Crippen LogP contribution is 2.34. The minimum Gasteiger partial charge on any atom is -0.454 e. The molecule has 0 saturated heterocycles. The fraction of sp³-hybridized carbons (Fsp3) is 0.353. The Kier molecular flexibility index (Phi) is 4.82. The number of aromatic nitrogens is 2. The second-order valence-corrected chi connectivity index (χ2v) is 7.77. The van der Waals surface area contributed by atoms with Crippen molar-refractivity contribution in [3.63, 3.8) is 0 Å². The number of nitrogens with zero attached hydrogens (tertiary/aromatic N) is 2. The highest BCUT2D eigenvalue weighted by Gasteiger charge is 2.21. The number of carbonyl (C=O) groups is 1. The fourth-order valence-corrected chi connectivity index (χ4v) is 4.74. The van der Waals surface area contributed by atoms with Crippen molar-refractivity contribution in [1.82, 2.24) is 9.55 Å². The number of hydrogen-bond donors (Lipinski definition) is 1. The van der Waals surface area contributed by atoms with Crippen molar-refractivity contribution >= 4 is 35.1 Å². The molecule has 136 valence electrons. The van der Waals surface area contributed by atoms with Gasteiger partial charge in [0.2, 0.25) is 12.7 Å². The van der Waals surface area contributed by atoms with Crippen molar-refractivity contribution in [3.8, 4) is 11.5 Å². The lowest BCUT2D eigenvalue weighted by molar-refractivity contribution is -0.113. The van der Waals surface area contributed by atoms with Gasteiger partial charge in [-0.2, -0.15) is 0 Å². The standard InChI is InChI=1S/C17H17N3O4S2/c1-2-20-16(22)15-11(5-6-25-15)19-17(20)26-8-14(21)18-10-3-4-12-13(7-10)24-9-23-12/h3-4,7H,2,5-6,8-9H2,1H3,(H,18,21). The zero-order chi connectivity index (χ0) is 18.1. The van der Waals surface area contributed by atoms with Crippen LogP contribution < -0.4 is 20.3 Å². The number of nitrogens with one attached hydrogen (secondary N) is 1. The Hall–Kier alpha value is -2.13. The summed E-state index contributed by atoms with van der Waals surface area (Å²) in [4.78, 5) is 30.2. The summed E-state index contributed by atoms with van der Waals surface area (Å²) in [5, 5.41) is 3.43. The smallest absolute Gasteiger partial charge is 0.268 e. The van der Waals surface area contributed by atoms with E-state index in [0.29, 0.717) is 28.9 Å². The Morgan fingerprint density at radius 1 is 1.38 bits per heavy atom. The maximum absolute atomic E-state index is 12.5. The summed E-state index contributed by atoms with van der Waals surface area (Å²) >= 11 is 2.84. The normalized spacial score (nSPS) is 14.3. The first-order valence-corrected chi connectivity index (χ1v) is 10.2. The molecular weight excluding hydrogens is 374 g/mol. The number of fused-ring (bicyclic) bond motifs is 2. The second kappa shape index (κ2) is 7.24. The Morgan fingerprint density at radius 3 is 3.08 bits per heavy atom. The van der Waals surface area contributed by atoms with Gasteiger partial charge in [-0.15, -0.1) is 11.8 Å². The van der Waals surface area contributed by atoms with Gasteiger partial charge >= 0.3 is 0 Å². The number of amides is 1. The minimum absolute atomic E-state index is 0.00122. The summed E-state index contributed by atoms with van der Waals surface area (Å²) in [6.45, 7) is 2.64. The average molecular weight is 391 g/mol. The molecule has 4 rings (SSSR count). The Bertz CT molecular complexity index is 929. The van der Waals surface area contributed by atoms with E-state index < -0.39 is 0 Å². The van der Waals surface area contributed by atoms with Gasteiger partial charge in [-0.1, -0.05) is 11.8 Å². The van der Waals surface area contributed by atoms with E-state index in [9.17, 15) is 9.59 Å². The largest absolute Gasteiger partial charge is 0.454 e. The summed E-state index contributed by atoms with van der Waals surface area (Å²) in [5.41, 5.74) is 1.49. The third-order valence-electron chi connectivity index (χ3n) is 4.05. The van der Waals surface area contributed by atoms with E-state index in [2.05, 4.69) is 10.3 Å². The Labute approximate surface area is 158 Å². The first kappa shape index (κ1) is 17.3. The van der Waals surface area contributed by atoms with E-state index in [0.717, 1.165) is 22.8 Å². The summed E-state index contributed by atoms with van der Waals surface area (Å²) in [6, 6.07) is 5.26. The summed E-state index contributed by atoms with van der Waals surface area (Å²) < 4.78 is 12.2. The number of carbonyl (C=O) groups excluding carboxylic acids is 1. The van der Waals surface area contributed by atoms with Crippen molar-refractivity contribution < 1.29 is 14.3 Å². The predicted molar refractivity (Wildman–Crippen MR) is 101 cm³/mol. The van der Waals surface area contributed by atoms with Gasteiger partial charge in [0.05, 0.1) is 16.3 Å². The first-order chi connectivity index (χ1) is 12.7. The molecule has 2 aliphatic rings. The summed E-state index contributed by atoms with van der Waals surface area (Å²) in [5.74, 6) is 2.19. The summed E-state index contributed by atoms with van der Waals surface area (Å²) in [7, 11) is 0. The quantitative estimate of drug-likeness (QED) is 0.619. The minimum atomic E-state index is -0.166. The van der Waals surface area contributed by atoms with Crippen LogP contribution in [0, 0.1) is 0 Å². The van der Waals surface area contributed by atoms with Gasteiger partial charge in [-0.05, 0) is 19.1 Å². The van der Waals surface area contributed by atoms with Gasteiger partial charge in [-0.25, -0.2) is 4.98 Å². The molecule has 2 aliphatic heterocycles. The summed E-state index contributed by atoms with van der Waals surface area (Å²) in [6.07, 6.45) is 0.802. The van der Waals surface area contributed by atoms with Crippen molar-refractivity contribution in [2.75, 3.05) is 23.6 Å². The molecule has 0 aliphatic carbocycles. The molecule has 9 heteroatoms. The molecule has 1 amide bonds. The Balaban J connectivity index is 1.45. The van der Waals surface area contributed by atoms with E-state index in [1.54, 1.807) is 34.5 Å². The molecule has 26 heavy (non-hydrogen) atoms. The van der Waals surface area contributed by atoms with E-state index in [-0.39, 0.29) is 24.0 Å². The first-order valence-electron chi connectivity index (χ1n) is 8.24. The van der Waals surface area contributed by atoms with E-state index >= 15 is 0 Å². The number of rotatable bonds is 5. The zero-order valence-electron chi connectivity index (χ0n) is 14.1. The van der Waals surface area contributed by atoms with Crippen LogP contribution in [0.3, 0.4) is 0 Å². The lowest BCUT2D eigenvalue weighted by Gasteiger charge is -2.11. The molecule has 1 aromatic carbocycles. The van der Waals surface area contributed by atoms with Gasteiger partial charge in [0.15, 0.2) is 16.7 Å². The molecule has 0 saturated carbocycles. The average Bonchev–Trinajstić information content (AvgIpc) is 3.28. The molecule has 0 radical (unpaired) electrons. The third-order valence-corrected chi connectivity index (χ3v) is 6.14. The number of benzene rings is 1. The van der Waals surface area contributed by atoms with Crippen LogP contribution in [-0.4, -0.2) is 33.8 Å². The van der Waals surface area contributed by atoms with Gasteiger partial charge in [0.25, 0.3) is 5.56 Å². The van der Waals surface area contributed by atoms with Gasteiger partial charge in [-0.3, -0.25) is 14.2 Å². The molecule has 0 fully saturated rings. The molecule has 1 aromatic heterocycles. The number of aryl methyl sites for hydroxylation is 1. The van der Waals surface area contributed by atoms with Gasteiger partial charge < -0.3 is 14.8 Å². The van der Waals surface area contributed by atoms with Crippen LogP contribution in [0.4, 0.5) is 5.69 Å². The molecule has 2 aromatic rings. The van der Waals surface area contributed by atoms with Crippen molar-refractivity contribution in [2.45, 2.75) is 29.9 Å². The van der Waals surface area contributed by atoms with Crippen LogP contribution in [0.2, 0.25) is 0 Å². The van der Waals surface area contributed by atoms with E-state index in [1.807, 2.05) is 6.92 Å². The second-order valence-electron chi connectivity index (χ2n) is 5.72. The molecule has 1 N–H and O–H groups in total. The molecule has 7 nitrogen and oxygen atoms in total. The lowest BCUT2D eigenvalue weighted by Crippen LogP contribution is -2.25. The van der Waals surface area contributed by atoms with Crippen molar-refractivity contribution in [3.05, 3.63) is 34.2 Å². The van der Waals surface area contributed by atoms with Gasteiger partial charge in [0, 0.05) is 30.5 Å². The van der Waals surface area contributed by atoms with Crippen molar-refractivity contribution in [2.24, 2.45) is 0 Å². The van der Waals surface area contributed by atoms with Crippen LogP contribution in [0.5, 0.6) is 11.5 Å². The number of hydrogen-bond acceptors (Lipinski definition) is 7. The van der Waals surface area contributed by atoms with Crippen LogP contribution in [0.25, 0.3) is 0 Å². The number of ether oxygens (including phenoxy) is 2. The molecule has 0 unspecified atom stereocenters. The molecule has 0 bridgehead atoms. The molecule has 3 heterocycles. The van der Waals surface area contributed by atoms with Crippen LogP contribution in [0.1, 0.15) is 12.6 Å². The highest BCUT2D eigenvalue weighted by atomic mass is 32.2. The van der Waals surface area contributed by atoms with Crippen LogP contribution >= 0.6 is 23.5 Å². The van der Waals surface area contributed by atoms with Crippen molar-refractivity contribution in [1.29, 1.82) is 0 Å². The number of thioether (sulfide) groups is 2. The molecular formula is C17H17N3O4S2. The fourth-order valence-electron chi connectivity index (χ4n) is 2.81. The monoisotopic (exact) mass is 391 g/mol. The SMILES string of the molecule is CCn1c(SCC(=O)Nc2ccc3c(c2)OCO3)nc2c(c1=O)SCC2. The van der Waals surface area contributed by atoms with Crippen LogP contribution in [0.15, 0.2) is 33.0 Å². The maximum atomic E-state index is 12.5.